The Balaban J connectivity index is 4.52. The Bertz CT molecular complexity index is 259. The van der Waals surface area contributed by atoms with Crippen LogP contribution in [0.15, 0.2) is 0 Å². The Morgan fingerprint density at radius 3 is 2.17 bits per heavy atom. The number of alkyl halides is 2. The van der Waals surface area contributed by atoms with Gasteiger partial charge in [0.2, 0.25) is 0 Å². The van der Waals surface area contributed by atoms with Crippen LogP contribution in [-0.2, 0) is 14.6 Å². The molecule has 0 aliphatic carbocycles. The van der Waals surface area contributed by atoms with Gasteiger partial charge in [-0.25, -0.2) is 17.2 Å². The van der Waals surface area contributed by atoms with E-state index in [0.717, 1.165) is 6.92 Å². The molecule has 72 valence electrons. The highest BCUT2D eigenvalue weighted by Crippen LogP contribution is 2.06. The second-order valence-electron chi connectivity index (χ2n) is 2.20. The molecule has 0 aliphatic heterocycles. The number of carbonyl (C=O) groups is 1. The lowest BCUT2D eigenvalue weighted by Crippen LogP contribution is -2.31. The molecule has 12 heavy (non-hydrogen) atoms. The van der Waals surface area contributed by atoms with Gasteiger partial charge in [-0.3, -0.25) is 4.79 Å². The SMILES string of the molecule is CC(C(=O)O)S(=O)(=O)CC(F)F. The monoisotopic (exact) mass is 202 g/mol. The van der Waals surface area contributed by atoms with E-state index in [1.807, 2.05) is 0 Å². The molecule has 0 bridgehead atoms. The second kappa shape index (κ2) is 3.79. The van der Waals surface area contributed by atoms with Crippen LogP contribution in [0.25, 0.3) is 0 Å². The van der Waals surface area contributed by atoms with E-state index in [-0.39, 0.29) is 0 Å². The van der Waals surface area contributed by atoms with Gasteiger partial charge in [0, 0.05) is 0 Å². The van der Waals surface area contributed by atoms with E-state index >= 15 is 0 Å². The smallest absolute Gasteiger partial charge is 0.321 e. The van der Waals surface area contributed by atoms with Crippen LogP contribution in [0.5, 0.6) is 0 Å². The van der Waals surface area contributed by atoms with Crippen LogP contribution in [0.4, 0.5) is 8.78 Å². The normalized spacial score (nSPS) is 14.7. The molecule has 0 radical (unpaired) electrons. The van der Waals surface area contributed by atoms with Crippen LogP contribution in [-0.4, -0.2) is 36.9 Å². The summed E-state index contributed by atoms with van der Waals surface area (Å²) in [6.45, 7) is 0.861. The number of carboxylic acid groups (broad SMARTS) is 1. The molecule has 0 spiro atoms. The molecular formula is C5H8F2O4S. The van der Waals surface area contributed by atoms with Gasteiger partial charge in [-0.05, 0) is 6.92 Å². The maximum atomic E-state index is 11.6. The van der Waals surface area contributed by atoms with Gasteiger partial charge in [0.1, 0.15) is 5.75 Å². The Morgan fingerprint density at radius 2 is 1.92 bits per heavy atom. The van der Waals surface area contributed by atoms with E-state index in [1.54, 1.807) is 0 Å². The molecule has 0 rings (SSSR count). The maximum Gasteiger partial charge on any atom is 0.321 e. The number of halogens is 2. The van der Waals surface area contributed by atoms with Crippen LogP contribution in [0.3, 0.4) is 0 Å². The summed E-state index contributed by atoms with van der Waals surface area (Å²) in [7, 11) is -4.21. The van der Waals surface area contributed by atoms with Crippen molar-refractivity contribution in [1.82, 2.24) is 0 Å². The minimum atomic E-state index is -4.21. The van der Waals surface area contributed by atoms with Crippen molar-refractivity contribution in [3.05, 3.63) is 0 Å². The summed E-state index contributed by atoms with van der Waals surface area (Å²) < 4.78 is 44.6. The number of rotatable bonds is 4. The summed E-state index contributed by atoms with van der Waals surface area (Å²) in [6, 6.07) is 0. The average Bonchev–Trinajstić information content (AvgIpc) is 1.82. The van der Waals surface area contributed by atoms with Gasteiger partial charge < -0.3 is 5.11 Å². The summed E-state index contributed by atoms with van der Waals surface area (Å²) in [5.74, 6) is -3.02. The lowest BCUT2D eigenvalue weighted by molar-refractivity contribution is -0.136. The molecule has 0 aromatic rings. The highest BCUT2D eigenvalue weighted by Gasteiger charge is 2.30. The van der Waals surface area contributed by atoms with Gasteiger partial charge >= 0.3 is 5.97 Å². The molecule has 4 nitrogen and oxygen atoms in total. The van der Waals surface area contributed by atoms with Crippen molar-refractivity contribution in [3.8, 4) is 0 Å². The third-order valence-corrected chi connectivity index (χ3v) is 3.24. The summed E-state index contributed by atoms with van der Waals surface area (Å²) in [6.07, 6.45) is -3.03. The molecule has 0 saturated heterocycles. The van der Waals surface area contributed by atoms with Crippen LogP contribution >= 0.6 is 0 Å². The molecule has 1 N–H and O–H groups in total. The van der Waals surface area contributed by atoms with Gasteiger partial charge in [0.25, 0.3) is 6.43 Å². The Labute approximate surface area is 68.1 Å². The van der Waals surface area contributed by atoms with Crippen molar-refractivity contribution in [3.63, 3.8) is 0 Å². The Hall–Kier alpha value is -0.720. The minimum Gasteiger partial charge on any atom is -0.480 e. The zero-order valence-electron chi connectivity index (χ0n) is 6.20. The van der Waals surface area contributed by atoms with Crippen LogP contribution < -0.4 is 0 Å². The zero-order valence-corrected chi connectivity index (χ0v) is 7.01. The van der Waals surface area contributed by atoms with Crippen molar-refractivity contribution < 1.29 is 27.1 Å². The molecular weight excluding hydrogens is 194 g/mol. The zero-order chi connectivity index (χ0) is 9.94. The topological polar surface area (TPSA) is 71.4 Å². The predicted octanol–water partition coefficient (Wildman–Crippen LogP) is 0.139. The van der Waals surface area contributed by atoms with Crippen molar-refractivity contribution >= 4 is 15.8 Å². The largest absolute Gasteiger partial charge is 0.480 e. The van der Waals surface area contributed by atoms with E-state index in [1.165, 1.54) is 0 Å². The molecule has 0 amide bonds. The Kier molecular flexibility index (Phi) is 3.56. The van der Waals surface area contributed by atoms with E-state index in [0.29, 0.717) is 0 Å². The van der Waals surface area contributed by atoms with Crippen molar-refractivity contribution in [2.45, 2.75) is 18.6 Å². The molecule has 0 saturated carbocycles. The van der Waals surface area contributed by atoms with Crippen LogP contribution in [0.1, 0.15) is 6.92 Å². The lowest BCUT2D eigenvalue weighted by atomic mass is 10.5. The van der Waals surface area contributed by atoms with Gasteiger partial charge in [-0.2, -0.15) is 0 Å². The molecule has 0 heterocycles. The van der Waals surface area contributed by atoms with Gasteiger partial charge in [0.15, 0.2) is 15.1 Å². The molecule has 1 unspecified atom stereocenters. The third-order valence-electron chi connectivity index (χ3n) is 1.24. The summed E-state index contributed by atoms with van der Waals surface area (Å²) >= 11 is 0. The average molecular weight is 202 g/mol. The van der Waals surface area contributed by atoms with Gasteiger partial charge in [-0.15, -0.1) is 0 Å². The number of hydrogen-bond donors (Lipinski definition) is 1. The molecule has 0 aromatic carbocycles. The van der Waals surface area contributed by atoms with Gasteiger partial charge in [-0.1, -0.05) is 0 Å². The standard InChI is InChI=1S/C5H8F2O4S/c1-3(5(8)9)12(10,11)2-4(6)7/h3-4H,2H2,1H3,(H,8,9). The fourth-order valence-corrected chi connectivity index (χ4v) is 1.42. The first-order valence-electron chi connectivity index (χ1n) is 3.00. The molecule has 7 heteroatoms. The van der Waals surface area contributed by atoms with E-state index < -0.39 is 33.2 Å². The second-order valence-corrected chi connectivity index (χ2v) is 4.57. The fourth-order valence-electron chi connectivity index (χ4n) is 0.474. The molecule has 0 aliphatic rings. The first-order chi connectivity index (χ1) is 5.27. The van der Waals surface area contributed by atoms with E-state index in [4.69, 9.17) is 5.11 Å². The van der Waals surface area contributed by atoms with Crippen molar-refractivity contribution in [2.75, 3.05) is 5.75 Å². The summed E-state index contributed by atoms with van der Waals surface area (Å²) in [5, 5.41) is 6.43. The summed E-state index contributed by atoms with van der Waals surface area (Å²) in [5.41, 5.74) is 0. The molecule has 1 atom stereocenters. The molecule has 0 aromatic heterocycles. The first-order valence-corrected chi connectivity index (χ1v) is 4.71. The molecule has 0 fully saturated rings. The van der Waals surface area contributed by atoms with Crippen LogP contribution in [0, 0.1) is 0 Å². The van der Waals surface area contributed by atoms with Crippen molar-refractivity contribution in [2.24, 2.45) is 0 Å². The minimum absolute atomic E-state index is 0.861. The maximum absolute atomic E-state index is 11.6. The van der Waals surface area contributed by atoms with E-state index in [2.05, 4.69) is 0 Å². The quantitative estimate of drug-likeness (QED) is 0.703. The third kappa shape index (κ3) is 3.12. The fraction of sp³-hybridized carbons (Fsp3) is 0.800. The highest BCUT2D eigenvalue weighted by atomic mass is 32.2. The lowest BCUT2D eigenvalue weighted by Gasteiger charge is -2.06. The number of carboxylic acids is 1. The number of aliphatic carboxylic acids is 1. The van der Waals surface area contributed by atoms with Gasteiger partial charge in [0.05, 0.1) is 0 Å². The highest BCUT2D eigenvalue weighted by molar-refractivity contribution is 7.92. The van der Waals surface area contributed by atoms with Crippen LogP contribution in [0.2, 0.25) is 0 Å². The number of sulfone groups is 1. The first kappa shape index (κ1) is 11.3. The summed E-state index contributed by atoms with van der Waals surface area (Å²) in [4.78, 5) is 10.1. The van der Waals surface area contributed by atoms with Crippen molar-refractivity contribution in [1.29, 1.82) is 0 Å². The van der Waals surface area contributed by atoms with E-state index in [9.17, 15) is 22.0 Å². The Morgan fingerprint density at radius 1 is 1.50 bits per heavy atom. The predicted molar refractivity (Wildman–Crippen MR) is 36.9 cm³/mol. The number of hydrogen-bond acceptors (Lipinski definition) is 3.